The van der Waals surface area contributed by atoms with E-state index in [1.807, 2.05) is 6.07 Å². The lowest BCUT2D eigenvalue weighted by molar-refractivity contribution is -0.384. The van der Waals surface area contributed by atoms with E-state index in [9.17, 15) is 19.7 Å². The van der Waals surface area contributed by atoms with Gasteiger partial charge in [0.15, 0.2) is 6.10 Å². The Morgan fingerprint density at radius 3 is 2.79 bits per heavy atom. The van der Waals surface area contributed by atoms with E-state index in [0.717, 1.165) is 19.3 Å². The Morgan fingerprint density at radius 2 is 2.10 bits per heavy atom. The average Bonchev–Trinajstić information content (AvgIpc) is 3.11. The van der Waals surface area contributed by atoms with Crippen molar-refractivity contribution in [3.63, 3.8) is 0 Å². The first-order valence-electron chi connectivity index (χ1n) is 9.24. The quantitative estimate of drug-likeness (QED) is 0.432. The number of methoxy groups -OCH3 is 1. The maximum Gasteiger partial charge on any atom is 0.349 e. The first-order valence-corrected chi connectivity index (χ1v) is 10.1. The molecule has 0 unspecified atom stereocenters. The Balaban J connectivity index is 1.67. The molecule has 0 bridgehead atoms. The van der Waals surface area contributed by atoms with Gasteiger partial charge in [0.25, 0.3) is 11.6 Å². The summed E-state index contributed by atoms with van der Waals surface area (Å²) in [7, 11) is 1.39. The third kappa shape index (κ3) is 4.73. The standard InChI is InChI=1S/C20H22N2O6S/c1-11-4-7-17-13(8-11)9-18(29-17)20(24)28-12(2)19(23)21-15-6-5-14(27-3)10-16(15)22(25)26/h5-6,9-12H,4,7-8H2,1-3H3,(H,21,23)/t11-,12-/m0/s1. The van der Waals surface area contributed by atoms with E-state index in [4.69, 9.17) is 9.47 Å². The minimum Gasteiger partial charge on any atom is -0.496 e. The molecule has 1 aliphatic rings. The minimum atomic E-state index is -1.11. The number of thiophene rings is 1. The normalized spacial score (nSPS) is 16.4. The number of nitrogens with zero attached hydrogens (tertiary/aromatic N) is 1. The van der Waals surface area contributed by atoms with Gasteiger partial charge in [-0.2, -0.15) is 0 Å². The highest BCUT2D eigenvalue weighted by Gasteiger charge is 2.26. The van der Waals surface area contributed by atoms with Crippen molar-refractivity contribution in [3.05, 3.63) is 49.7 Å². The SMILES string of the molecule is COc1ccc(NC(=O)[C@H](C)OC(=O)c2cc3c(s2)CC[C@H](C)C3)c([N+](=O)[O-])c1. The molecule has 0 fully saturated rings. The predicted octanol–water partition coefficient (Wildman–Crippen LogP) is 3.97. The van der Waals surface area contributed by atoms with Gasteiger partial charge in [-0.3, -0.25) is 14.9 Å². The van der Waals surface area contributed by atoms with Crippen molar-refractivity contribution < 1.29 is 24.0 Å². The van der Waals surface area contributed by atoms with E-state index < -0.39 is 22.9 Å². The maximum absolute atomic E-state index is 12.5. The molecule has 8 nitrogen and oxygen atoms in total. The monoisotopic (exact) mass is 418 g/mol. The average molecular weight is 418 g/mol. The summed E-state index contributed by atoms with van der Waals surface area (Å²) in [6, 6.07) is 5.93. The largest absolute Gasteiger partial charge is 0.496 e. The molecule has 1 amide bonds. The number of benzene rings is 1. The maximum atomic E-state index is 12.5. The summed E-state index contributed by atoms with van der Waals surface area (Å²) >= 11 is 1.40. The summed E-state index contributed by atoms with van der Waals surface area (Å²) in [5.74, 6) is -0.332. The number of hydrogen-bond donors (Lipinski definition) is 1. The van der Waals surface area contributed by atoms with Gasteiger partial charge in [-0.25, -0.2) is 4.79 Å². The van der Waals surface area contributed by atoms with Crippen LogP contribution in [0.2, 0.25) is 0 Å². The highest BCUT2D eigenvalue weighted by Crippen LogP contribution is 2.33. The number of aryl methyl sites for hydroxylation is 1. The second-order valence-electron chi connectivity index (χ2n) is 7.08. The van der Waals surface area contributed by atoms with Crippen LogP contribution >= 0.6 is 11.3 Å². The Morgan fingerprint density at radius 1 is 1.34 bits per heavy atom. The van der Waals surface area contributed by atoms with Crippen molar-refractivity contribution in [2.24, 2.45) is 5.92 Å². The van der Waals surface area contributed by atoms with Gasteiger partial charge in [-0.05, 0) is 55.9 Å². The van der Waals surface area contributed by atoms with Crippen LogP contribution in [0.25, 0.3) is 0 Å². The molecule has 9 heteroatoms. The second-order valence-corrected chi connectivity index (χ2v) is 8.22. The van der Waals surface area contributed by atoms with Gasteiger partial charge < -0.3 is 14.8 Å². The van der Waals surface area contributed by atoms with Crippen molar-refractivity contribution >= 4 is 34.6 Å². The lowest BCUT2D eigenvalue weighted by Crippen LogP contribution is -2.30. The summed E-state index contributed by atoms with van der Waals surface area (Å²) in [4.78, 5) is 37.1. The number of ether oxygens (including phenoxy) is 2. The number of carbonyl (C=O) groups excluding carboxylic acids is 2. The molecule has 1 aromatic heterocycles. The molecule has 0 saturated heterocycles. The van der Waals surface area contributed by atoms with Crippen molar-refractivity contribution in [1.29, 1.82) is 0 Å². The molecule has 154 valence electrons. The van der Waals surface area contributed by atoms with Gasteiger partial charge in [-0.15, -0.1) is 11.3 Å². The van der Waals surface area contributed by atoms with E-state index in [1.165, 1.54) is 54.0 Å². The Labute approximate surface area is 172 Å². The summed E-state index contributed by atoms with van der Waals surface area (Å²) in [6.45, 7) is 3.61. The van der Waals surface area contributed by atoms with Crippen molar-refractivity contribution in [1.82, 2.24) is 0 Å². The number of amides is 1. The van der Waals surface area contributed by atoms with Crippen LogP contribution in [0, 0.1) is 16.0 Å². The van der Waals surface area contributed by atoms with Crippen LogP contribution in [0.5, 0.6) is 5.75 Å². The molecule has 0 aliphatic heterocycles. The van der Waals surface area contributed by atoms with Crippen LogP contribution < -0.4 is 10.1 Å². The lowest BCUT2D eigenvalue weighted by atomic mass is 9.90. The highest BCUT2D eigenvalue weighted by molar-refractivity contribution is 7.14. The van der Waals surface area contributed by atoms with Crippen molar-refractivity contribution in [3.8, 4) is 5.75 Å². The molecular weight excluding hydrogens is 396 g/mol. The van der Waals surface area contributed by atoms with Gasteiger partial charge in [0.1, 0.15) is 16.3 Å². The molecule has 1 aliphatic carbocycles. The summed E-state index contributed by atoms with van der Waals surface area (Å²) in [5.41, 5.74) is 0.868. The van der Waals surface area contributed by atoms with E-state index in [-0.39, 0.29) is 11.4 Å². The lowest BCUT2D eigenvalue weighted by Gasteiger charge is -2.16. The number of nitro groups is 1. The van der Waals surface area contributed by atoms with E-state index in [1.54, 1.807) is 0 Å². The second kappa shape index (κ2) is 8.60. The van der Waals surface area contributed by atoms with E-state index >= 15 is 0 Å². The number of nitro benzene ring substituents is 1. The van der Waals surface area contributed by atoms with Crippen LogP contribution in [0.4, 0.5) is 11.4 Å². The highest BCUT2D eigenvalue weighted by atomic mass is 32.1. The zero-order valence-corrected chi connectivity index (χ0v) is 17.2. The van der Waals surface area contributed by atoms with Crippen molar-refractivity contribution in [2.45, 2.75) is 39.2 Å². The summed E-state index contributed by atoms with van der Waals surface area (Å²) in [6.07, 6.45) is 1.88. The van der Waals surface area contributed by atoms with Gasteiger partial charge in [0.05, 0.1) is 18.1 Å². The molecule has 0 radical (unpaired) electrons. The van der Waals surface area contributed by atoms with Gasteiger partial charge in [-0.1, -0.05) is 6.92 Å². The van der Waals surface area contributed by atoms with Crippen LogP contribution in [0.15, 0.2) is 24.3 Å². The molecule has 0 saturated carbocycles. The number of rotatable bonds is 6. The van der Waals surface area contributed by atoms with E-state index in [2.05, 4.69) is 12.2 Å². The first-order chi connectivity index (χ1) is 13.8. The zero-order valence-electron chi connectivity index (χ0n) is 16.4. The molecule has 1 heterocycles. The number of hydrogen-bond acceptors (Lipinski definition) is 7. The fourth-order valence-electron chi connectivity index (χ4n) is 3.21. The molecule has 3 rings (SSSR count). The third-order valence-electron chi connectivity index (χ3n) is 4.84. The number of esters is 1. The summed E-state index contributed by atoms with van der Waals surface area (Å²) < 4.78 is 10.3. The predicted molar refractivity (Wildman–Crippen MR) is 109 cm³/mol. The molecule has 29 heavy (non-hydrogen) atoms. The van der Waals surface area contributed by atoms with E-state index in [0.29, 0.717) is 16.5 Å². The van der Waals surface area contributed by atoms with Gasteiger partial charge in [0, 0.05) is 4.88 Å². The molecular formula is C20H22N2O6S. The minimum absolute atomic E-state index is 0.00396. The van der Waals surface area contributed by atoms with Gasteiger partial charge >= 0.3 is 5.97 Å². The van der Waals surface area contributed by atoms with Gasteiger partial charge in [0.2, 0.25) is 0 Å². The number of nitrogens with one attached hydrogen (secondary N) is 1. The third-order valence-corrected chi connectivity index (χ3v) is 6.06. The van der Waals surface area contributed by atoms with Crippen LogP contribution in [-0.2, 0) is 22.4 Å². The molecule has 0 spiro atoms. The first kappa shape index (κ1) is 20.8. The molecule has 1 N–H and O–H groups in total. The molecule has 2 atom stereocenters. The Bertz CT molecular complexity index is 954. The summed E-state index contributed by atoms with van der Waals surface area (Å²) in [5, 5.41) is 13.7. The fourth-order valence-corrected chi connectivity index (χ4v) is 4.30. The topological polar surface area (TPSA) is 108 Å². The van der Waals surface area contributed by atoms with Crippen LogP contribution in [0.3, 0.4) is 0 Å². The Hall–Kier alpha value is -2.94. The fraction of sp³-hybridized carbons (Fsp3) is 0.400. The molecule has 2 aromatic rings. The smallest absolute Gasteiger partial charge is 0.349 e. The zero-order chi connectivity index (χ0) is 21.1. The number of carbonyl (C=O) groups is 2. The Kier molecular flexibility index (Phi) is 6.17. The number of fused-ring (bicyclic) bond motifs is 1. The van der Waals surface area contributed by atoms with Crippen LogP contribution in [-0.4, -0.2) is 30.0 Å². The van der Waals surface area contributed by atoms with Crippen LogP contribution in [0.1, 0.15) is 40.4 Å². The van der Waals surface area contributed by atoms with Crippen molar-refractivity contribution in [2.75, 3.05) is 12.4 Å². The number of anilines is 1. The molecule has 1 aromatic carbocycles.